The fourth-order valence-electron chi connectivity index (χ4n) is 2.80. The molecule has 1 saturated heterocycles. The summed E-state index contributed by atoms with van der Waals surface area (Å²) in [7, 11) is 0. The molecule has 0 aromatic heterocycles. The third kappa shape index (κ3) is 2.59. The molecule has 1 fully saturated rings. The van der Waals surface area contributed by atoms with Crippen molar-refractivity contribution in [1.82, 2.24) is 10.7 Å². The molecule has 2 aliphatic heterocycles. The Kier molecular flexibility index (Phi) is 3.42. The first-order chi connectivity index (χ1) is 9.24. The van der Waals surface area contributed by atoms with Crippen LogP contribution in [0.3, 0.4) is 0 Å². The summed E-state index contributed by atoms with van der Waals surface area (Å²) in [6.45, 7) is 6.14. The maximum absolute atomic E-state index is 5.68. The van der Waals surface area contributed by atoms with Crippen molar-refractivity contribution in [1.29, 1.82) is 0 Å². The number of hydrogen-bond acceptors (Lipinski definition) is 4. The van der Waals surface area contributed by atoms with Crippen molar-refractivity contribution in [3.63, 3.8) is 0 Å². The molecule has 1 aromatic rings. The lowest BCUT2D eigenvalue weighted by molar-refractivity contribution is 0.242. The van der Waals surface area contributed by atoms with Gasteiger partial charge in [-0.15, -0.1) is 0 Å². The highest BCUT2D eigenvalue weighted by Gasteiger charge is 2.34. The summed E-state index contributed by atoms with van der Waals surface area (Å²) in [5.74, 6) is 1.42. The van der Waals surface area contributed by atoms with Gasteiger partial charge in [-0.05, 0) is 31.5 Å². The first-order valence-corrected chi connectivity index (χ1v) is 7.03. The Morgan fingerprint density at radius 3 is 2.79 bits per heavy atom. The van der Waals surface area contributed by atoms with E-state index in [9.17, 15) is 0 Å². The number of piperidine rings is 1. The van der Waals surface area contributed by atoms with E-state index in [1.165, 1.54) is 11.3 Å². The molecule has 0 spiro atoms. The van der Waals surface area contributed by atoms with Crippen LogP contribution in [0, 0.1) is 5.92 Å². The van der Waals surface area contributed by atoms with Gasteiger partial charge in [0.1, 0.15) is 5.75 Å². The number of fused-ring (bicyclic) bond motifs is 1. The number of nitrogens with one attached hydrogen (secondary N) is 2. The topological polar surface area (TPSA) is 45.6 Å². The fraction of sp³-hybridized carbons (Fsp3) is 0.533. The van der Waals surface area contributed by atoms with E-state index in [-0.39, 0.29) is 6.10 Å². The van der Waals surface area contributed by atoms with Crippen LogP contribution >= 0.6 is 0 Å². The number of nitrogens with zero attached hydrogens (tertiary/aromatic N) is 1. The average molecular weight is 259 g/mol. The minimum Gasteiger partial charge on any atom is -0.491 e. The molecule has 102 valence electrons. The van der Waals surface area contributed by atoms with Crippen LogP contribution in [0.1, 0.15) is 31.9 Å². The van der Waals surface area contributed by atoms with Crippen molar-refractivity contribution >= 4 is 5.71 Å². The first-order valence-electron chi connectivity index (χ1n) is 7.03. The quantitative estimate of drug-likeness (QED) is 0.873. The lowest BCUT2D eigenvalue weighted by atomic mass is 9.87. The molecule has 2 aliphatic rings. The molecule has 4 nitrogen and oxygen atoms in total. The zero-order chi connectivity index (χ0) is 13.2. The largest absolute Gasteiger partial charge is 0.491 e. The van der Waals surface area contributed by atoms with Gasteiger partial charge in [0.25, 0.3) is 0 Å². The van der Waals surface area contributed by atoms with Gasteiger partial charge >= 0.3 is 0 Å². The Labute approximate surface area is 114 Å². The predicted molar refractivity (Wildman–Crippen MR) is 76.5 cm³/mol. The first kappa shape index (κ1) is 12.5. The molecule has 0 radical (unpaired) electrons. The van der Waals surface area contributed by atoms with Crippen LogP contribution in [0.25, 0.3) is 0 Å². The van der Waals surface area contributed by atoms with E-state index in [0.29, 0.717) is 12.0 Å². The Morgan fingerprint density at radius 1 is 1.26 bits per heavy atom. The molecule has 0 amide bonds. The fourth-order valence-corrected chi connectivity index (χ4v) is 2.80. The SMILES string of the molecule is CC(C)Oc1ccc(C2NN=C3CCNCC32)cc1. The summed E-state index contributed by atoms with van der Waals surface area (Å²) >= 11 is 0. The Morgan fingerprint density at radius 2 is 2.05 bits per heavy atom. The average Bonchev–Trinajstić information content (AvgIpc) is 2.83. The Bertz CT molecular complexity index is 467. The third-order valence-corrected chi connectivity index (χ3v) is 3.71. The highest BCUT2D eigenvalue weighted by Crippen LogP contribution is 2.31. The van der Waals surface area contributed by atoms with Crippen LogP contribution in [-0.2, 0) is 0 Å². The van der Waals surface area contributed by atoms with Crippen molar-refractivity contribution in [3.05, 3.63) is 29.8 Å². The van der Waals surface area contributed by atoms with Gasteiger partial charge in [-0.1, -0.05) is 12.1 Å². The van der Waals surface area contributed by atoms with E-state index < -0.39 is 0 Å². The highest BCUT2D eigenvalue weighted by molar-refractivity contribution is 5.89. The molecule has 0 saturated carbocycles. The van der Waals surface area contributed by atoms with Gasteiger partial charge in [0.15, 0.2) is 0 Å². The lowest BCUT2D eigenvalue weighted by Crippen LogP contribution is -2.38. The zero-order valence-electron chi connectivity index (χ0n) is 11.5. The molecule has 2 heterocycles. The molecule has 0 aliphatic carbocycles. The minimum absolute atomic E-state index is 0.216. The normalized spacial score (nSPS) is 25.7. The number of hydrogen-bond donors (Lipinski definition) is 2. The predicted octanol–water partition coefficient (Wildman–Crippen LogP) is 2.08. The number of ether oxygens (including phenoxy) is 1. The van der Waals surface area contributed by atoms with Gasteiger partial charge in [-0.3, -0.25) is 0 Å². The van der Waals surface area contributed by atoms with E-state index in [1.54, 1.807) is 0 Å². The summed E-state index contributed by atoms with van der Waals surface area (Å²) in [6.07, 6.45) is 1.27. The Balaban J connectivity index is 1.73. The molecule has 3 rings (SSSR count). The highest BCUT2D eigenvalue weighted by atomic mass is 16.5. The standard InChI is InChI=1S/C15H21N3O/c1-10(2)19-12-5-3-11(4-6-12)15-13-9-16-8-7-14(13)17-18-15/h3-6,10,13,15-16,18H,7-9H2,1-2H3. The van der Waals surface area contributed by atoms with E-state index in [4.69, 9.17) is 4.74 Å². The second-order valence-electron chi connectivity index (χ2n) is 5.51. The van der Waals surface area contributed by atoms with Gasteiger partial charge in [0.05, 0.1) is 12.1 Å². The minimum atomic E-state index is 0.216. The van der Waals surface area contributed by atoms with E-state index >= 15 is 0 Å². The van der Waals surface area contributed by atoms with Crippen LogP contribution in [0.15, 0.2) is 29.4 Å². The molecule has 2 N–H and O–H groups in total. The maximum atomic E-state index is 5.68. The monoisotopic (exact) mass is 259 g/mol. The summed E-state index contributed by atoms with van der Waals surface area (Å²) < 4.78 is 5.68. The van der Waals surface area contributed by atoms with Crippen LogP contribution in [0.4, 0.5) is 0 Å². The Hall–Kier alpha value is -1.55. The van der Waals surface area contributed by atoms with E-state index in [1.807, 2.05) is 26.0 Å². The second-order valence-corrected chi connectivity index (χ2v) is 5.51. The zero-order valence-corrected chi connectivity index (χ0v) is 11.5. The second kappa shape index (κ2) is 5.21. The summed E-state index contributed by atoms with van der Waals surface area (Å²) in [5, 5.41) is 7.93. The molecule has 1 aromatic carbocycles. The molecule has 2 atom stereocenters. The van der Waals surface area contributed by atoms with Gasteiger partial charge < -0.3 is 15.5 Å². The van der Waals surface area contributed by atoms with Crippen LogP contribution in [0.5, 0.6) is 5.75 Å². The van der Waals surface area contributed by atoms with Crippen molar-refractivity contribution in [3.8, 4) is 5.75 Å². The molecule has 0 bridgehead atoms. The van der Waals surface area contributed by atoms with Gasteiger partial charge in [-0.2, -0.15) is 5.10 Å². The third-order valence-electron chi connectivity index (χ3n) is 3.71. The van der Waals surface area contributed by atoms with Crippen molar-refractivity contribution in [2.45, 2.75) is 32.4 Å². The van der Waals surface area contributed by atoms with Crippen molar-refractivity contribution in [2.75, 3.05) is 13.1 Å². The summed E-state index contributed by atoms with van der Waals surface area (Å²) in [4.78, 5) is 0. The van der Waals surface area contributed by atoms with Crippen LogP contribution in [-0.4, -0.2) is 24.9 Å². The number of rotatable bonds is 3. The van der Waals surface area contributed by atoms with Gasteiger partial charge in [0, 0.05) is 31.1 Å². The van der Waals surface area contributed by atoms with E-state index in [0.717, 1.165) is 25.3 Å². The molecule has 19 heavy (non-hydrogen) atoms. The summed E-state index contributed by atoms with van der Waals surface area (Å²) in [5.41, 5.74) is 5.87. The number of benzene rings is 1. The van der Waals surface area contributed by atoms with Gasteiger partial charge in [0.2, 0.25) is 0 Å². The number of hydrazone groups is 1. The van der Waals surface area contributed by atoms with Crippen molar-refractivity contribution in [2.24, 2.45) is 11.0 Å². The molecule has 2 unspecified atom stereocenters. The molecule has 4 heteroatoms. The summed E-state index contributed by atoms with van der Waals surface area (Å²) in [6, 6.07) is 8.68. The molecular weight excluding hydrogens is 238 g/mol. The maximum Gasteiger partial charge on any atom is 0.119 e. The lowest BCUT2D eigenvalue weighted by Gasteiger charge is -2.25. The van der Waals surface area contributed by atoms with E-state index in [2.05, 4.69) is 28.0 Å². The smallest absolute Gasteiger partial charge is 0.119 e. The van der Waals surface area contributed by atoms with Crippen LogP contribution in [0.2, 0.25) is 0 Å². The van der Waals surface area contributed by atoms with Gasteiger partial charge in [-0.25, -0.2) is 0 Å². The van der Waals surface area contributed by atoms with Crippen LogP contribution < -0.4 is 15.5 Å². The molecular formula is C15H21N3O. The van der Waals surface area contributed by atoms with Crippen molar-refractivity contribution < 1.29 is 4.74 Å².